The number of anilines is 1. The first-order valence-corrected chi connectivity index (χ1v) is 8.34. The van der Waals surface area contributed by atoms with Crippen LogP contribution >= 0.6 is 11.6 Å². The van der Waals surface area contributed by atoms with Crippen molar-refractivity contribution >= 4 is 29.3 Å². The number of hydrogen-bond donors (Lipinski definition) is 1. The third-order valence-electron chi connectivity index (χ3n) is 3.41. The maximum absolute atomic E-state index is 12.1. The lowest BCUT2D eigenvalue weighted by Crippen LogP contribution is -2.07. The van der Waals surface area contributed by atoms with Gasteiger partial charge in [0.2, 0.25) is 5.91 Å². The zero-order chi connectivity index (χ0) is 18.2. The van der Waals surface area contributed by atoms with Crippen molar-refractivity contribution in [1.29, 1.82) is 0 Å². The molecular weight excluding hydrogens is 344 g/mol. The van der Waals surface area contributed by atoms with Gasteiger partial charge >= 0.3 is 0 Å². The summed E-state index contributed by atoms with van der Waals surface area (Å²) in [6, 6.07) is 20.2. The van der Waals surface area contributed by atoms with Crippen LogP contribution in [-0.2, 0) is 4.79 Å². The van der Waals surface area contributed by atoms with E-state index >= 15 is 0 Å². The predicted molar refractivity (Wildman–Crippen MR) is 106 cm³/mol. The van der Waals surface area contributed by atoms with E-state index in [1.807, 2.05) is 54.6 Å². The number of pyridine rings is 1. The van der Waals surface area contributed by atoms with Gasteiger partial charge in [0.1, 0.15) is 5.69 Å². The van der Waals surface area contributed by atoms with Crippen LogP contribution in [0.3, 0.4) is 0 Å². The molecule has 1 N–H and O–H groups in total. The fourth-order valence-electron chi connectivity index (χ4n) is 2.21. The number of carbonyl (C=O) groups excluding carboxylic acids is 1. The minimum atomic E-state index is -0.222. The molecule has 0 saturated carbocycles. The van der Waals surface area contributed by atoms with Crippen molar-refractivity contribution in [3.63, 3.8) is 0 Å². The van der Waals surface area contributed by atoms with Gasteiger partial charge in [-0.3, -0.25) is 4.79 Å². The lowest BCUT2D eigenvalue weighted by atomic mass is 10.2. The van der Waals surface area contributed by atoms with E-state index in [9.17, 15) is 4.79 Å². The second-order valence-electron chi connectivity index (χ2n) is 5.42. The highest BCUT2D eigenvalue weighted by molar-refractivity contribution is 6.30. The van der Waals surface area contributed by atoms with Crippen LogP contribution in [0.25, 0.3) is 6.08 Å². The molecule has 126 valence electrons. The van der Waals surface area contributed by atoms with Crippen molar-refractivity contribution < 1.29 is 4.79 Å². The number of benzene rings is 2. The summed E-state index contributed by atoms with van der Waals surface area (Å²) in [5.41, 5.74) is 3.04. The van der Waals surface area contributed by atoms with Gasteiger partial charge in [-0.2, -0.15) is 0 Å². The van der Waals surface area contributed by atoms with E-state index < -0.39 is 0 Å². The number of carbonyl (C=O) groups is 1. The summed E-state index contributed by atoms with van der Waals surface area (Å²) < 4.78 is 0. The molecule has 1 heterocycles. The lowest BCUT2D eigenvalue weighted by molar-refractivity contribution is -0.111. The van der Waals surface area contributed by atoms with E-state index in [-0.39, 0.29) is 5.91 Å². The second-order valence-corrected chi connectivity index (χ2v) is 5.86. The summed E-state index contributed by atoms with van der Waals surface area (Å²) in [5.74, 6) is 5.81. The minimum absolute atomic E-state index is 0.222. The van der Waals surface area contributed by atoms with Gasteiger partial charge < -0.3 is 5.32 Å². The van der Waals surface area contributed by atoms with Gasteiger partial charge in [-0.15, -0.1) is 0 Å². The van der Waals surface area contributed by atoms with Crippen molar-refractivity contribution in [3.8, 4) is 11.8 Å². The lowest BCUT2D eigenvalue weighted by Gasteiger charge is -2.02. The first kappa shape index (κ1) is 17.5. The molecular formula is C22H15ClN2O. The SMILES string of the molecule is O=C(/C=C/c1cccc(Cl)c1)Nc1cccc(C#Cc2ccccn2)c1. The maximum Gasteiger partial charge on any atom is 0.248 e. The zero-order valence-corrected chi connectivity index (χ0v) is 14.6. The average Bonchev–Trinajstić information content (AvgIpc) is 2.66. The molecule has 0 aliphatic rings. The van der Waals surface area contributed by atoms with Gasteiger partial charge in [-0.1, -0.05) is 41.8 Å². The first-order valence-electron chi connectivity index (χ1n) is 7.97. The Kier molecular flexibility index (Phi) is 5.82. The van der Waals surface area contributed by atoms with Gasteiger partial charge in [0.05, 0.1) is 0 Å². The zero-order valence-electron chi connectivity index (χ0n) is 13.8. The Labute approximate surface area is 157 Å². The molecule has 26 heavy (non-hydrogen) atoms. The number of amides is 1. The second kappa shape index (κ2) is 8.66. The van der Waals surface area contributed by atoms with E-state index in [0.29, 0.717) is 16.4 Å². The number of nitrogens with zero attached hydrogens (tertiary/aromatic N) is 1. The fraction of sp³-hybridized carbons (Fsp3) is 0. The molecule has 2 aromatic carbocycles. The van der Waals surface area contributed by atoms with Gasteiger partial charge in [0.15, 0.2) is 0 Å². The van der Waals surface area contributed by atoms with Crippen LogP contribution < -0.4 is 5.32 Å². The first-order chi connectivity index (χ1) is 12.7. The molecule has 0 fully saturated rings. The Morgan fingerprint density at radius 3 is 2.69 bits per heavy atom. The maximum atomic E-state index is 12.1. The topological polar surface area (TPSA) is 42.0 Å². The Hall–Kier alpha value is -3.35. The molecule has 0 aliphatic heterocycles. The molecule has 0 atom stereocenters. The highest BCUT2D eigenvalue weighted by atomic mass is 35.5. The van der Waals surface area contributed by atoms with Crippen molar-refractivity contribution in [3.05, 3.63) is 101 Å². The van der Waals surface area contributed by atoms with Crippen LogP contribution in [0.5, 0.6) is 0 Å². The van der Waals surface area contributed by atoms with Crippen molar-refractivity contribution in [2.24, 2.45) is 0 Å². The molecule has 3 rings (SSSR count). The van der Waals surface area contributed by atoms with Crippen LogP contribution in [0.15, 0.2) is 79.0 Å². The van der Waals surface area contributed by atoms with E-state index in [4.69, 9.17) is 11.6 Å². The fourth-order valence-corrected chi connectivity index (χ4v) is 2.41. The molecule has 0 spiro atoms. The summed E-state index contributed by atoms with van der Waals surface area (Å²) in [6.45, 7) is 0. The van der Waals surface area contributed by atoms with Crippen molar-refractivity contribution in [2.75, 3.05) is 5.32 Å². The normalized spacial score (nSPS) is 10.2. The predicted octanol–water partition coefficient (Wildman–Crippen LogP) is 4.79. The minimum Gasteiger partial charge on any atom is -0.322 e. The average molecular weight is 359 g/mol. The molecule has 0 aliphatic carbocycles. The third-order valence-corrected chi connectivity index (χ3v) is 3.64. The van der Waals surface area contributed by atoms with Gasteiger partial charge in [-0.25, -0.2) is 4.98 Å². The smallest absolute Gasteiger partial charge is 0.248 e. The van der Waals surface area contributed by atoms with Gasteiger partial charge in [0, 0.05) is 28.5 Å². The van der Waals surface area contributed by atoms with Crippen LogP contribution in [-0.4, -0.2) is 10.9 Å². The summed E-state index contributed by atoms with van der Waals surface area (Å²) in [5, 5.41) is 3.45. The number of aromatic nitrogens is 1. The summed E-state index contributed by atoms with van der Waals surface area (Å²) in [4.78, 5) is 16.2. The number of hydrogen-bond acceptors (Lipinski definition) is 2. The summed E-state index contributed by atoms with van der Waals surface area (Å²) in [7, 11) is 0. The molecule has 0 saturated heterocycles. The Bertz CT molecular complexity index is 1000. The molecule has 4 heteroatoms. The third kappa shape index (κ3) is 5.34. The quantitative estimate of drug-likeness (QED) is 0.540. The standard InChI is InChI=1S/C22H15ClN2O/c23-19-7-3-5-17(15-19)11-13-22(26)25-21-9-4-6-18(16-21)10-12-20-8-1-2-14-24-20/h1-9,11,13-16H,(H,25,26)/b13-11+. The van der Waals surface area contributed by atoms with Crippen molar-refractivity contribution in [2.45, 2.75) is 0 Å². The Balaban J connectivity index is 1.67. The van der Waals surface area contributed by atoms with E-state index in [2.05, 4.69) is 22.1 Å². The molecule has 3 aromatic rings. The Morgan fingerprint density at radius 1 is 1.00 bits per heavy atom. The van der Waals surface area contributed by atoms with Crippen LogP contribution in [0.4, 0.5) is 5.69 Å². The van der Waals surface area contributed by atoms with E-state index in [1.165, 1.54) is 6.08 Å². The van der Waals surface area contributed by atoms with Crippen LogP contribution in [0.2, 0.25) is 5.02 Å². The molecule has 1 aromatic heterocycles. The van der Waals surface area contributed by atoms with Gasteiger partial charge in [0.25, 0.3) is 0 Å². The number of halogens is 1. The summed E-state index contributed by atoms with van der Waals surface area (Å²) in [6.07, 6.45) is 4.89. The molecule has 1 amide bonds. The summed E-state index contributed by atoms with van der Waals surface area (Å²) >= 11 is 5.93. The molecule has 0 bridgehead atoms. The monoisotopic (exact) mass is 358 g/mol. The Morgan fingerprint density at radius 2 is 1.88 bits per heavy atom. The van der Waals surface area contributed by atoms with E-state index in [0.717, 1.165) is 11.1 Å². The highest BCUT2D eigenvalue weighted by Gasteiger charge is 1.99. The largest absolute Gasteiger partial charge is 0.322 e. The number of nitrogens with one attached hydrogen (secondary N) is 1. The van der Waals surface area contributed by atoms with Crippen LogP contribution in [0, 0.1) is 11.8 Å². The molecule has 3 nitrogen and oxygen atoms in total. The van der Waals surface area contributed by atoms with Crippen LogP contribution in [0.1, 0.15) is 16.8 Å². The van der Waals surface area contributed by atoms with E-state index in [1.54, 1.807) is 24.4 Å². The highest BCUT2D eigenvalue weighted by Crippen LogP contribution is 2.13. The van der Waals surface area contributed by atoms with Crippen molar-refractivity contribution in [1.82, 2.24) is 4.98 Å². The molecule has 0 unspecified atom stereocenters. The molecule has 0 radical (unpaired) electrons. The van der Waals surface area contributed by atoms with Gasteiger partial charge in [-0.05, 0) is 60.0 Å². The number of rotatable bonds is 3.